The molecule has 140 valence electrons. The summed E-state index contributed by atoms with van der Waals surface area (Å²) in [6.07, 6.45) is 0.871. The lowest BCUT2D eigenvalue weighted by atomic mass is 9.85. The standard InChI is InChI=1S/C21H22ClN3O2/c1-13(26)16-4-2-3-5-17(16)21(27)25-11-10-19-18(12-25)20(24-23-19)14-6-8-15(22)9-7-14/h2-9,18-20,23-24H,10-12H2,1H3. The number of piperidine rings is 1. The van der Waals surface area contributed by atoms with Crippen molar-refractivity contribution in [2.24, 2.45) is 5.92 Å². The van der Waals surface area contributed by atoms with Gasteiger partial charge in [0.15, 0.2) is 5.78 Å². The molecule has 2 aliphatic rings. The fraction of sp³-hybridized carbons (Fsp3) is 0.333. The molecule has 6 heteroatoms. The minimum absolute atomic E-state index is 0.0685. The Kier molecular flexibility index (Phi) is 5.00. The highest BCUT2D eigenvalue weighted by molar-refractivity contribution is 6.30. The second-order valence-corrected chi connectivity index (χ2v) is 7.67. The van der Waals surface area contributed by atoms with E-state index in [-0.39, 0.29) is 23.7 Å². The maximum Gasteiger partial charge on any atom is 0.254 e. The van der Waals surface area contributed by atoms with Gasteiger partial charge in [-0.15, -0.1) is 0 Å². The predicted molar refractivity (Wildman–Crippen MR) is 105 cm³/mol. The molecule has 0 aromatic heterocycles. The first-order chi connectivity index (χ1) is 13.0. The lowest BCUT2D eigenvalue weighted by Crippen LogP contribution is -2.48. The minimum Gasteiger partial charge on any atom is -0.338 e. The normalized spacial score (nSPS) is 24.5. The minimum atomic E-state index is -0.0860. The zero-order valence-electron chi connectivity index (χ0n) is 15.1. The van der Waals surface area contributed by atoms with Crippen molar-refractivity contribution in [1.82, 2.24) is 15.8 Å². The van der Waals surface area contributed by atoms with E-state index in [1.807, 2.05) is 35.2 Å². The highest BCUT2D eigenvalue weighted by Gasteiger charge is 2.41. The largest absolute Gasteiger partial charge is 0.338 e. The number of rotatable bonds is 3. The van der Waals surface area contributed by atoms with E-state index in [9.17, 15) is 9.59 Å². The van der Waals surface area contributed by atoms with Crippen molar-refractivity contribution < 1.29 is 9.59 Å². The van der Waals surface area contributed by atoms with Crippen LogP contribution in [0.25, 0.3) is 0 Å². The molecule has 1 amide bonds. The molecule has 2 saturated heterocycles. The van der Waals surface area contributed by atoms with Crippen molar-refractivity contribution in [3.63, 3.8) is 0 Å². The number of fused-ring (bicyclic) bond motifs is 1. The van der Waals surface area contributed by atoms with Crippen LogP contribution >= 0.6 is 11.6 Å². The van der Waals surface area contributed by atoms with E-state index < -0.39 is 0 Å². The highest BCUT2D eigenvalue weighted by Crippen LogP contribution is 2.34. The van der Waals surface area contributed by atoms with Gasteiger partial charge in [0.25, 0.3) is 5.91 Å². The third-order valence-corrected chi connectivity index (χ3v) is 5.82. The first-order valence-corrected chi connectivity index (χ1v) is 9.58. The number of Topliss-reactive ketones (excluding diaryl/α,β-unsaturated/α-hetero) is 1. The van der Waals surface area contributed by atoms with Crippen LogP contribution in [0.15, 0.2) is 48.5 Å². The summed E-state index contributed by atoms with van der Waals surface area (Å²) in [5.41, 5.74) is 8.88. The monoisotopic (exact) mass is 383 g/mol. The molecule has 3 atom stereocenters. The molecule has 2 aliphatic heterocycles. The molecule has 0 saturated carbocycles. The molecule has 0 bridgehead atoms. The van der Waals surface area contributed by atoms with Crippen LogP contribution in [0.3, 0.4) is 0 Å². The molecular weight excluding hydrogens is 362 g/mol. The summed E-state index contributed by atoms with van der Waals surface area (Å²) in [7, 11) is 0. The van der Waals surface area contributed by atoms with Crippen molar-refractivity contribution >= 4 is 23.3 Å². The van der Waals surface area contributed by atoms with Crippen LogP contribution in [-0.2, 0) is 0 Å². The van der Waals surface area contributed by atoms with Crippen molar-refractivity contribution in [1.29, 1.82) is 0 Å². The number of ketones is 1. The summed E-state index contributed by atoms with van der Waals surface area (Å²) < 4.78 is 0. The number of halogens is 1. The maximum atomic E-state index is 13.1. The number of carbonyl (C=O) groups excluding carboxylic acids is 2. The summed E-state index contributed by atoms with van der Waals surface area (Å²) in [4.78, 5) is 26.9. The van der Waals surface area contributed by atoms with E-state index in [2.05, 4.69) is 10.9 Å². The number of likely N-dealkylation sites (tertiary alicyclic amines) is 1. The summed E-state index contributed by atoms with van der Waals surface area (Å²) >= 11 is 6.01. The molecule has 2 N–H and O–H groups in total. The molecular formula is C21H22ClN3O2. The van der Waals surface area contributed by atoms with Gasteiger partial charge in [0.05, 0.1) is 11.6 Å². The molecule has 2 aromatic carbocycles. The Labute approximate surface area is 163 Å². The molecule has 2 aromatic rings. The smallest absolute Gasteiger partial charge is 0.254 e. The van der Waals surface area contributed by atoms with Gasteiger partial charge in [-0.25, -0.2) is 5.43 Å². The molecule has 5 nitrogen and oxygen atoms in total. The molecule has 0 radical (unpaired) electrons. The molecule has 2 fully saturated rings. The first kappa shape index (κ1) is 18.2. The van der Waals surface area contributed by atoms with E-state index in [0.29, 0.717) is 35.3 Å². The number of benzene rings is 2. The van der Waals surface area contributed by atoms with Crippen molar-refractivity contribution in [2.75, 3.05) is 13.1 Å². The van der Waals surface area contributed by atoms with Gasteiger partial charge in [-0.1, -0.05) is 41.9 Å². The maximum absolute atomic E-state index is 13.1. The van der Waals surface area contributed by atoms with Crippen LogP contribution in [0.4, 0.5) is 0 Å². The average Bonchev–Trinajstić information content (AvgIpc) is 3.11. The van der Waals surface area contributed by atoms with Gasteiger partial charge in [0, 0.05) is 35.6 Å². The van der Waals surface area contributed by atoms with Crippen molar-refractivity contribution in [2.45, 2.75) is 25.4 Å². The van der Waals surface area contributed by atoms with E-state index in [1.165, 1.54) is 6.92 Å². The zero-order valence-corrected chi connectivity index (χ0v) is 15.9. The van der Waals surface area contributed by atoms with Crippen LogP contribution in [0.2, 0.25) is 5.02 Å². The predicted octanol–water partition coefficient (Wildman–Crippen LogP) is 3.22. The summed E-state index contributed by atoms with van der Waals surface area (Å²) in [5.74, 6) is 0.103. The second-order valence-electron chi connectivity index (χ2n) is 7.23. The van der Waals surface area contributed by atoms with Gasteiger partial charge < -0.3 is 4.90 Å². The number of hydrogen-bond donors (Lipinski definition) is 2. The Bertz CT molecular complexity index is 868. The van der Waals surface area contributed by atoms with E-state index in [1.54, 1.807) is 18.2 Å². The highest BCUT2D eigenvalue weighted by atomic mass is 35.5. The average molecular weight is 384 g/mol. The first-order valence-electron chi connectivity index (χ1n) is 9.20. The second kappa shape index (κ2) is 7.43. The van der Waals surface area contributed by atoms with Gasteiger partial charge in [0.2, 0.25) is 0 Å². The van der Waals surface area contributed by atoms with E-state index in [0.717, 1.165) is 12.0 Å². The lowest BCUT2D eigenvalue weighted by Gasteiger charge is -2.36. The molecule has 0 spiro atoms. The Morgan fingerprint density at radius 3 is 2.44 bits per heavy atom. The molecule has 3 unspecified atom stereocenters. The molecule has 0 aliphatic carbocycles. The van der Waals surface area contributed by atoms with Gasteiger partial charge in [-0.3, -0.25) is 15.0 Å². The van der Waals surface area contributed by atoms with E-state index >= 15 is 0 Å². The number of nitrogens with one attached hydrogen (secondary N) is 2. The number of carbonyl (C=O) groups is 2. The Morgan fingerprint density at radius 1 is 1.04 bits per heavy atom. The number of hydrogen-bond acceptors (Lipinski definition) is 4. The fourth-order valence-corrected chi connectivity index (χ4v) is 4.26. The summed E-state index contributed by atoms with van der Waals surface area (Å²) in [6, 6.07) is 15.3. The fourth-order valence-electron chi connectivity index (χ4n) is 4.13. The lowest BCUT2D eigenvalue weighted by molar-refractivity contribution is 0.0649. The molecule has 27 heavy (non-hydrogen) atoms. The SMILES string of the molecule is CC(=O)c1ccccc1C(=O)N1CCC2NNC(c3ccc(Cl)cc3)C2C1. The zero-order chi connectivity index (χ0) is 19.0. The van der Waals surface area contributed by atoms with Crippen LogP contribution in [0, 0.1) is 5.92 Å². The van der Waals surface area contributed by atoms with E-state index in [4.69, 9.17) is 11.6 Å². The molecule has 2 heterocycles. The van der Waals surface area contributed by atoms with Gasteiger partial charge >= 0.3 is 0 Å². The number of hydrazine groups is 1. The topological polar surface area (TPSA) is 61.4 Å². The molecule has 4 rings (SSSR count). The van der Waals surface area contributed by atoms with Gasteiger partial charge in [0.1, 0.15) is 0 Å². The quantitative estimate of drug-likeness (QED) is 0.799. The van der Waals surface area contributed by atoms with Crippen LogP contribution in [-0.4, -0.2) is 35.7 Å². The Morgan fingerprint density at radius 2 is 1.74 bits per heavy atom. The van der Waals surface area contributed by atoms with Gasteiger partial charge in [-0.2, -0.15) is 0 Å². The third-order valence-electron chi connectivity index (χ3n) is 5.56. The summed E-state index contributed by atoms with van der Waals surface area (Å²) in [5, 5.41) is 0.711. The number of amides is 1. The Hall–Kier alpha value is -2.21. The summed E-state index contributed by atoms with van der Waals surface area (Å²) in [6.45, 7) is 2.82. The third kappa shape index (κ3) is 3.50. The van der Waals surface area contributed by atoms with Gasteiger partial charge in [-0.05, 0) is 37.1 Å². The van der Waals surface area contributed by atoms with Crippen molar-refractivity contribution in [3.05, 3.63) is 70.2 Å². The Balaban J connectivity index is 1.56. The number of nitrogens with zero attached hydrogens (tertiary/aromatic N) is 1. The van der Waals surface area contributed by atoms with Crippen LogP contribution in [0.5, 0.6) is 0 Å². The van der Waals surface area contributed by atoms with Crippen LogP contribution < -0.4 is 10.9 Å². The van der Waals surface area contributed by atoms with Crippen molar-refractivity contribution in [3.8, 4) is 0 Å². The van der Waals surface area contributed by atoms with Crippen LogP contribution in [0.1, 0.15) is 45.7 Å².